The third-order valence-corrected chi connectivity index (χ3v) is 5.39. The molecule has 4 aromatic heterocycles. The van der Waals surface area contributed by atoms with E-state index in [4.69, 9.17) is 16.3 Å². The molecule has 4 rings (SSSR count). The highest BCUT2D eigenvalue weighted by atomic mass is 35.5. The Hall–Kier alpha value is -3.49. The van der Waals surface area contributed by atoms with E-state index >= 15 is 0 Å². The maximum Gasteiger partial charge on any atom is 0.255 e. The second-order valence-corrected chi connectivity index (χ2v) is 7.51. The van der Waals surface area contributed by atoms with Crippen molar-refractivity contribution >= 4 is 28.5 Å². The van der Waals surface area contributed by atoms with Crippen LogP contribution in [0.4, 0.5) is 0 Å². The molecule has 0 radical (unpaired) electrons. The summed E-state index contributed by atoms with van der Waals surface area (Å²) in [5, 5.41) is 11.6. The summed E-state index contributed by atoms with van der Waals surface area (Å²) in [7, 11) is 4.74. The number of fused-ring (bicyclic) bond motifs is 1. The lowest BCUT2D eigenvalue weighted by Gasteiger charge is -2.16. The van der Waals surface area contributed by atoms with Crippen LogP contribution in [0.1, 0.15) is 11.7 Å². The number of aliphatic hydroxyl groups excluding tert-OH is 1. The van der Waals surface area contributed by atoms with Crippen molar-refractivity contribution in [2.24, 2.45) is 0 Å². The first kappa shape index (κ1) is 20.8. The molecule has 0 saturated carbocycles. The van der Waals surface area contributed by atoms with Crippen LogP contribution in [0, 0.1) is 0 Å². The molecule has 31 heavy (non-hydrogen) atoms. The van der Waals surface area contributed by atoms with Gasteiger partial charge in [-0.05, 0) is 12.1 Å². The average molecular weight is 438 g/mol. The molecule has 1 unspecified atom stereocenters. The third-order valence-electron chi connectivity index (χ3n) is 4.99. The van der Waals surface area contributed by atoms with Crippen molar-refractivity contribution in [3.8, 4) is 28.0 Å². The van der Waals surface area contributed by atoms with E-state index in [0.717, 1.165) is 16.5 Å². The predicted molar refractivity (Wildman–Crippen MR) is 118 cm³/mol. The molecule has 0 aliphatic carbocycles. The summed E-state index contributed by atoms with van der Waals surface area (Å²) in [6.45, 7) is 0. The second kappa shape index (κ2) is 8.33. The van der Waals surface area contributed by atoms with Gasteiger partial charge in [-0.3, -0.25) is 14.8 Å². The zero-order valence-electron chi connectivity index (χ0n) is 17.1. The van der Waals surface area contributed by atoms with Crippen LogP contribution in [0.3, 0.4) is 0 Å². The van der Waals surface area contributed by atoms with Crippen molar-refractivity contribution in [1.29, 1.82) is 0 Å². The van der Waals surface area contributed by atoms with Crippen LogP contribution < -0.4 is 4.74 Å². The molecule has 1 atom stereocenters. The van der Waals surface area contributed by atoms with E-state index < -0.39 is 12.0 Å². The Morgan fingerprint density at radius 1 is 1.16 bits per heavy atom. The van der Waals surface area contributed by atoms with E-state index in [0.29, 0.717) is 33.1 Å². The topological polar surface area (TPSA) is 104 Å². The summed E-state index contributed by atoms with van der Waals surface area (Å²) in [4.78, 5) is 29.4. The minimum Gasteiger partial charge on any atom is -0.494 e. The van der Waals surface area contributed by atoms with E-state index in [-0.39, 0.29) is 0 Å². The van der Waals surface area contributed by atoms with Gasteiger partial charge in [-0.25, -0.2) is 4.98 Å². The molecule has 1 amide bonds. The van der Waals surface area contributed by atoms with Crippen molar-refractivity contribution in [3.63, 3.8) is 0 Å². The van der Waals surface area contributed by atoms with Gasteiger partial charge < -0.3 is 19.7 Å². The minimum atomic E-state index is -1.32. The molecule has 0 aliphatic heterocycles. The van der Waals surface area contributed by atoms with Crippen LogP contribution in [0.2, 0.25) is 5.02 Å². The Balaban J connectivity index is 1.85. The van der Waals surface area contributed by atoms with Crippen LogP contribution in [-0.2, 0) is 4.79 Å². The third kappa shape index (κ3) is 3.71. The van der Waals surface area contributed by atoms with Gasteiger partial charge in [0.15, 0.2) is 6.10 Å². The standard InChI is InChI=1S/C22H20ClN5O3/c1-28(2)22(30)20(29)13-6-12(7-25-8-13)15-9-26-21-18(19(15)23)16(10-27-21)14-4-5-24-11-17(14)31-3/h4-11,20,29H,1-3H3,(H,26,27). The number of nitrogens with zero attached hydrogens (tertiary/aromatic N) is 4. The number of ether oxygens (including phenoxy) is 1. The summed E-state index contributed by atoms with van der Waals surface area (Å²) < 4.78 is 5.44. The molecule has 4 aromatic rings. The van der Waals surface area contributed by atoms with Crippen molar-refractivity contribution in [2.75, 3.05) is 21.2 Å². The highest BCUT2D eigenvalue weighted by molar-refractivity contribution is 6.39. The number of H-pyrrole nitrogens is 1. The highest BCUT2D eigenvalue weighted by Crippen LogP contribution is 2.41. The summed E-state index contributed by atoms with van der Waals surface area (Å²) in [6, 6.07) is 3.53. The molecule has 4 heterocycles. The Morgan fingerprint density at radius 2 is 1.97 bits per heavy atom. The molecule has 8 nitrogen and oxygen atoms in total. The SMILES string of the molecule is COc1cnccc1-c1c[nH]c2ncc(-c3cncc(C(O)C(=O)N(C)C)c3)c(Cl)c12. The van der Waals surface area contributed by atoms with Crippen LogP contribution in [0.15, 0.2) is 49.3 Å². The number of pyridine rings is 3. The number of halogens is 1. The molecular weight excluding hydrogens is 418 g/mol. The fraction of sp³-hybridized carbons (Fsp3) is 0.182. The first-order valence-corrected chi connectivity index (χ1v) is 9.78. The number of aromatic amines is 1. The van der Waals surface area contributed by atoms with Crippen LogP contribution in [-0.4, -0.2) is 57.1 Å². The number of hydrogen-bond donors (Lipinski definition) is 2. The van der Waals surface area contributed by atoms with E-state index in [1.54, 1.807) is 52.1 Å². The number of carbonyl (C=O) groups is 1. The maximum atomic E-state index is 12.1. The number of hydrogen-bond acceptors (Lipinski definition) is 6. The summed E-state index contributed by atoms with van der Waals surface area (Å²) in [6.07, 6.45) is 8.52. The first-order chi connectivity index (χ1) is 14.9. The normalized spacial score (nSPS) is 12.0. The Kier molecular flexibility index (Phi) is 5.58. The average Bonchev–Trinajstić information content (AvgIpc) is 3.23. The number of rotatable bonds is 5. The van der Waals surface area contributed by atoms with Crippen LogP contribution in [0.25, 0.3) is 33.3 Å². The maximum absolute atomic E-state index is 12.1. The molecule has 0 bridgehead atoms. The quantitative estimate of drug-likeness (QED) is 0.495. The van der Waals surface area contributed by atoms with Crippen LogP contribution in [0.5, 0.6) is 5.75 Å². The van der Waals surface area contributed by atoms with Crippen molar-refractivity contribution < 1.29 is 14.6 Å². The molecule has 158 valence electrons. The molecule has 0 aliphatic rings. The molecule has 2 N–H and O–H groups in total. The molecule has 0 saturated heterocycles. The van der Waals surface area contributed by atoms with Crippen molar-refractivity contribution in [3.05, 3.63) is 59.9 Å². The van der Waals surface area contributed by atoms with E-state index in [9.17, 15) is 9.90 Å². The lowest BCUT2D eigenvalue weighted by molar-refractivity contribution is -0.137. The largest absolute Gasteiger partial charge is 0.494 e. The fourth-order valence-electron chi connectivity index (χ4n) is 3.38. The number of nitrogens with one attached hydrogen (secondary N) is 1. The zero-order valence-corrected chi connectivity index (χ0v) is 17.9. The van der Waals surface area contributed by atoms with Gasteiger partial charge in [0.2, 0.25) is 0 Å². The van der Waals surface area contributed by atoms with E-state index in [1.807, 2.05) is 12.3 Å². The first-order valence-electron chi connectivity index (χ1n) is 9.41. The van der Waals surface area contributed by atoms with E-state index in [1.165, 1.54) is 11.1 Å². The number of methoxy groups -OCH3 is 1. The van der Waals surface area contributed by atoms with E-state index in [2.05, 4.69) is 19.9 Å². The van der Waals surface area contributed by atoms with Crippen molar-refractivity contribution in [1.82, 2.24) is 24.8 Å². The molecule has 0 aromatic carbocycles. The number of aliphatic hydroxyl groups is 1. The lowest BCUT2D eigenvalue weighted by Crippen LogP contribution is -2.28. The number of likely N-dealkylation sites (N-methyl/N-ethyl adjacent to an activating group) is 1. The Bertz CT molecular complexity index is 1270. The number of aromatic nitrogens is 4. The molecule has 9 heteroatoms. The summed E-state index contributed by atoms with van der Waals surface area (Å²) >= 11 is 6.83. The predicted octanol–water partition coefficient (Wildman–Crippen LogP) is 3.47. The van der Waals surface area contributed by atoms with Crippen molar-refractivity contribution in [2.45, 2.75) is 6.10 Å². The summed E-state index contributed by atoms with van der Waals surface area (Å²) in [5.74, 6) is 0.176. The molecule has 0 fully saturated rings. The van der Waals surface area contributed by atoms with Gasteiger partial charge in [-0.1, -0.05) is 11.6 Å². The Morgan fingerprint density at radius 3 is 2.71 bits per heavy atom. The minimum absolute atomic E-state index is 0.373. The van der Waals surface area contributed by atoms with Gasteiger partial charge in [-0.2, -0.15) is 0 Å². The second-order valence-electron chi connectivity index (χ2n) is 7.13. The van der Waals surface area contributed by atoms with Gasteiger partial charge in [0.1, 0.15) is 11.4 Å². The highest BCUT2D eigenvalue weighted by Gasteiger charge is 2.22. The van der Waals surface area contributed by atoms with Gasteiger partial charge in [-0.15, -0.1) is 0 Å². The van der Waals surface area contributed by atoms with Crippen LogP contribution >= 0.6 is 11.6 Å². The monoisotopic (exact) mass is 437 g/mol. The summed E-state index contributed by atoms with van der Waals surface area (Å²) in [5.41, 5.74) is 3.90. The fourth-order valence-corrected chi connectivity index (χ4v) is 3.73. The molecule has 0 spiro atoms. The number of amides is 1. The van der Waals surface area contributed by atoms with Gasteiger partial charge in [0.05, 0.1) is 18.3 Å². The molecular formula is C22H20ClN5O3. The lowest BCUT2D eigenvalue weighted by atomic mass is 10.0. The zero-order chi connectivity index (χ0) is 22.1. The number of carbonyl (C=O) groups excluding carboxylic acids is 1. The Labute approximate surface area is 183 Å². The van der Waals surface area contributed by atoms with Gasteiger partial charge >= 0.3 is 0 Å². The van der Waals surface area contributed by atoms with Gasteiger partial charge in [0, 0.05) is 78.3 Å². The smallest absolute Gasteiger partial charge is 0.255 e. The van der Waals surface area contributed by atoms with Gasteiger partial charge in [0.25, 0.3) is 5.91 Å².